The van der Waals surface area contributed by atoms with E-state index in [1.165, 1.54) is 29.0 Å². The van der Waals surface area contributed by atoms with E-state index in [0.717, 1.165) is 6.07 Å². The molecular weight excluding hydrogens is 303 g/mol. The Bertz CT molecular complexity index is 477. The van der Waals surface area contributed by atoms with E-state index in [4.69, 9.17) is 0 Å². The first-order valence-corrected chi connectivity index (χ1v) is 6.03. The van der Waals surface area contributed by atoms with Crippen molar-refractivity contribution in [2.75, 3.05) is 27.7 Å². The molecule has 0 radical (unpaired) electrons. The van der Waals surface area contributed by atoms with E-state index in [1.54, 1.807) is 14.1 Å². The number of hydrogen-bond donors (Lipinski definition) is 0. The van der Waals surface area contributed by atoms with Gasteiger partial charge in [-0.3, -0.25) is 9.59 Å². The predicted molar refractivity (Wildman–Crippen MR) is 69.8 cm³/mol. The fourth-order valence-electron chi connectivity index (χ4n) is 1.28. The first-order chi connectivity index (χ1) is 8.32. The van der Waals surface area contributed by atoms with Crippen LogP contribution in [-0.2, 0) is 4.79 Å². The zero-order valence-corrected chi connectivity index (χ0v) is 12.0. The lowest BCUT2D eigenvalue weighted by molar-refractivity contribution is -0.129. The number of carbonyl (C=O) groups excluding carboxylic acids is 2. The second-order valence-corrected chi connectivity index (χ2v) is 4.93. The van der Waals surface area contributed by atoms with Crippen LogP contribution in [-0.4, -0.2) is 49.3 Å². The molecule has 0 bridgehead atoms. The number of amides is 2. The van der Waals surface area contributed by atoms with Crippen LogP contribution in [0.25, 0.3) is 0 Å². The Morgan fingerprint density at radius 1 is 1.28 bits per heavy atom. The lowest BCUT2D eigenvalue weighted by Gasteiger charge is -2.19. The van der Waals surface area contributed by atoms with Crippen LogP contribution < -0.4 is 0 Å². The van der Waals surface area contributed by atoms with E-state index in [-0.39, 0.29) is 18.0 Å². The maximum Gasteiger partial charge on any atom is 0.255 e. The van der Waals surface area contributed by atoms with Crippen LogP contribution in [0.2, 0.25) is 0 Å². The quantitative estimate of drug-likeness (QED) is 0.852. The summed E-state index contributed by atoms with van der Waals surface area (Å²) in [4.78, 5) is 26.2. The fraction of sp³-hybridized carbons (Fsp3) is 0.333. The molecule has 0 aromatic heterocycles. The van der Waals surface area contributed by atoms with E-state index in [9.17, 15) is 14.0 Å². The van der Waals surface area contributed by atoms with Gasteiger partial charge >= 0.3 is 0 Å². The van der Waals surface area contributed by atoms with Gasteiger partial charge in [0.25, 0.3) is 5.91 Å². The van der Waals surface area contributed by atoms with Crippen molar-refractivity contribution in [2.24, 2.45) is 0 Å². The second kappa shape index (κ2) is 5.95. The van der Waals surface area contributed by atoms with Crippen LogP contribution in [0.1, 0.15) is 10.4 Å². The van der Waals surface area contributed by atoms with Gasteiger partial charge in [0.2, 0.25) is 5.91 Å². The molecule has 1 rings (SSSR count). The SMILES string of the molecule is CN(C)C(=O)CN(C)C(=O)c1cc(F)ccc1Br. The Hall–Kier alpha value is -1.43. The van der Waals surface area contributed by atoms with Gasteiger partial charge < -0.3 is 9.80 Å². The average Bonchev–Trinajstić information content (AvgIpc) is 2.31. The molecule has 0 saturated heterocycles. The topological polar surface area (TPSA) is 40.6 Å². The summed E-state index contributed by atoms with van der Waals surface area (Å²) in [5.41, 5.74) is 0.198. The third-order valence-corrected chi connectivity index (χ3v) is 3.07. The summed E-state index contributed by atoms with van der Waals surface area (Å²) >= 11 is 3.18. The van der Waals surface area contributed by atoms with Gasteiger partial charge in [-0.15, -0.1) is 0 Å². The maximum atomic E-state index is 13.1. The highest BCUT2D eigenvalue weighted by molar-refractivity contribution is 9.10. The molecule has 0 fully saturated rings. The molecule has 1 aromatic rings. The summed E-state index contributed by atoms with van der Waals surface area (Å²) in [5, 5.41) is 0. The van der Waals surface area contributed by atoms with Gasteiger partial charge in [0.05, 0.1) is 12.1 Å². The minimum Gasteiger partial charge on any atom is -0.347 e. The van der Waals surface area contributed by atoms with Crippen LogP contribution in [0.15, 0.2) is 22.7 Å². The Balaban J connectivity index is 2.87. The van der Waals surface area contributed by atoms with Crippen molar-refractivity contribution in [1.82, 2.24) is 9.80 Å². The zero-order valence-electron chi connectivity index (χ0n) is 10.4. The highest BCUT2D eigenvalue weighted by atomic mass is 79.9. The summed E-state index contributed by atoms with van der Waals surface area (Å²) in [7, 11) is 4.72. The summed E-state index contributed by atoms with van der Waals surface area (Å²) in [6.45, 7) is -0.0468. The monoisotopic (exact) mass is 316 g/mol. The largest absolute Gasteiger partial charge is 0.347 e. The van der Waals surface area contributed by atoms with E-state index in [0.29, 0.717) is 4.47 Å². The molecular formula is C12H14BrFN2O2. The van der Waals surface area contributed by atoms with Gasteiger partial charge in [-0.1, -0.05) is 0 Å². The third kappa shape index (κ3) is 3.53. The van der Waals surface area contributed by atoms with Crippen molar-refractivity contribution in [3.63, 3.8) is 0 Å². The molecule has 0 saturated carbocycles. The van der Waals surface area contributed by atoms with E-state index >= 15 is 0 Å². The van der Waals surface area contributed by atoms with Crippen molar-refractivity contribution in [2.45, 2.75) is 0 Å². The lowest BCUT2D eigenvalue weighted by Crippen LogP contribution is -2.37. The van der Waals surface area contributed by atoms with Crippen molar-refractivity contribution in [3.8, 4) is 0 Å². The molecule has 0 aliphatic rings. The molecule has 0 unspecified atom stereocenters. The minimum atomic E-state index is -0.492. The molecule has 6 heteroatoms. The molecule has 0 atom stereocenters. The number of likely N-dealkylation sites (N-methyl/N-ethyl adjacent to an activating group) is 2. The van der Waals surface area contributed by atoms with Gasteiger partial charge in [0.1, 0.15) is 5.82 Å². The number of carbonyl (C=O) groups is 2. The minimum absolute atomic E-state index is 0.0468. The summed E-state index contributed by atoms with van der Waals surface area (Å²) in [6.07, 6.45) is 0. The highest BCUT2D eigenvalue weighted by Gasteiger charge is 2.18. The Labute approximate surface area is 113 Å². The van der Waals surface area contributed by atoms with Crippen molar-refractivity contribution in [3.05, 3.63) is 34.1 Å². The number of rotatable bonds is 3. The van der Waals surface area contributed by atoms with Gasteiger partial charge in [-0.25, -0.2) is 4.39 Å². The van der Waals surface area contributed by atoms with Crippen LogP contribution >= 0.6 is 15.9 Å². The molecule has 0 aliphatic heterocycles. The Morgan fingerprint density at radius 3 is 2.44 bits per heavy atom. The number of halogens is 2. The van der Waals surface area contributed by atoms with Crippen molar-refractivity contribution < 1.29 is 14.0 Å². The highest BCUT2D eigenvalue weighted by Crippen LogP contribution is 2.19. The molecule has 18 heavy (non-hydrogen) atoms. The molecule has 0 aliphatic carbocycles. The second-order valence-electron chi connectivity index (χ2n) is 4.07. The Kier molecular flexibility index (Phi) is 4.84. The molecule has 0 spiro atoms. The maximum absolute atomic E-state index is 13.1. The van der Waals surface area contributed by atoms with Crippen molar-refractivity contribution >= 4 is 27.7 Å². The smallest absolute Gasteiger partial charge is 0.255 e. The fourth-order valence-corrected chi connectivity index (χ4v) is 1.70. The van der Waals surface area contributed by atoms with Gasteiger partial charge in [0, 0.05) is 25.6 Å². The zero-order chi connectivity index (χ0) is 13.9. The van der Waals surface area contributed by atoms with Crippen LogP contribution in [0, 0.1) is 5.82 Å². The summed E-state index contributed by atoms with van der Waals surface area (Å²) in [5.74, 6) is -1.09. The van der Waals surface area contributed by atoms with Crippen LogP contribution in [0.3, 0.4) is 0 Å². The molecule has 1 aromatic carbocycles. The lowest BCUT2D eigenvalue weighted by atomic mass is 10.2. The van der Waals surface area contributed by atoms with E-state index in [1.807, 2.05) is 0 Å². The average molecular weight is 317 g/mol. The van der Waals surface area contributed by atoms with E-state index in [2.05, 4.69) is 15.9 Å². The van der Waals surface area contributed by atoms with Gasteiger partial charge in [-0.2, -0.15) is 0 Å². The first-order valence-electron chi connectivity index (χ1n) is 5.23. The number of hydrogen-bond acceptors (Lipinski definition) is 2. The molecule has 0 heterocycles. The number of benzene rings is 1. The molecule has 2 amide bonds. The van der Waals surface area contributed by atoms with Gasteiger partial charge in [0.15, 0.2) is 0 Å². The van der Waals surface area contributed by atoms with Crippen LogP contribution in [0.5, 0.6) is 0 Å². The van der Waals surface area contributed by atoms with E-state index < -0.39 is 11.7 Å². The Morgan fingerprint density at radius 2 is 1.89 bits per heavy atom. The molecule has 0 N–H and O–H groups in total. The predicted octanol–water partition coefficient (Wildman–Crippen LogP) is 1.75. The number of nitrogens with zero attached hydrogens (tertiary/aromatic N) is 2. The normalized spacial score (nSPS) is 10.1. The summed E-state index contributed by atoms with van der Waals surface area (Å²) < 4.78 is 13.6. The van der Waals surface area contributed by atoms with Crippen LogP contribution in [0.4, 0.5) is 4.39 Å². The third-order valence-electron chi connectivity index (χ3n) is 2.38. The van der Waals surface area contributed by atoms with Gasteiger partial charge in [-0.05, 0) is 34.1 Å². The summed E-state index contributed by atoms with van der Waals surface area (Å²) in [6, 6.07) is 3.86. The molecule has 4 nitrogen and oxygen atoms in total. The molecule has 98 valence electrons. The standard InChI is InChI=1S/C12H14BrFN2O2/c1-15(2)11(17)7-16(3)12(18)9-6-8(14)4-5-10(9)13/h4-6H,7H2,1-3H3. The van der Waals surface area contributed by atoms with Crippen molar-refractivity contribution in [1.29, 1.82) is 0 Å². The first kappa shape index (κ1) is 14.6.